The number of nitrogens with zero attached hydrogens (tertiary/aromatic N) is 3. The van der Waals surface area contributed by atoms with Gasteiger partial charge < -0.3 is 10.0 Å². The standard InChI is InChI=1S/C19H15N3O/c1-22(13-7-3-2-4-8-13)18-11-16-17(12-19(18)23)21-15-10-6-5-9-14(15)20-16/h2-12,23H,1H3. The Morgan fingerprint density at radius 2 is 1.30 bits per heavy atom. The van der Waals surface area contributed by atoms with E-state index in [9.17, 15) is 5.11 Å². The maximum atomic E-state index is 10.4. The summed E-state index contributed by atoms with van der Waals surface area (Å²) in [5, 5.41) is 10.4. The minimum Gasteiger partial charge on any atom is -0.506 e. The van der Waals surface area contributed by atoms with Gasteiger partial charge in [-0.2, -0.15) is 0 Å². The van der Waals surface area contributed by atoms with Crippen LogP contribution in [0.5, 0.6) is 5.75 Å². The van der Waals surface area contributed by atoms with E-state index in [-0.39, 0.29) is 5.75 Å². The number of hydrogen-bond donors (Lipinski definition) is 1. The van der Waals surface area contributed by atoms with Crippen molar-refractivity contribution < 1.29 is 5.11 Å². The molecule has 0 atom stereocenters. The largest absolute Gasteiger partial charge is 0.506 e. The van der Waals surface area contributed by atoms with Crippen LogP contribution in [0.2, 0.25) is 0 Å². The van der Waals surface area contributed by atoms with Crippen molar-refractivity contribution in [3.05, 3.63) is 66.7 Å². The third-order valence-electron chi connectivity index (χ3n) is 3.94. The summed E-state index contributed by atoms with van der Waals surface area (Å²) in [6, 6.07) is 21.2. The molecule has 0 saturated heterocycles. The summed E-state index contributed by atoms with van der Waals surface area (Å²) in [7, 11) is 1.92. The van der Waals surface area contributed by atoms with Crippen LogP contribution < -0.4 is 4.90 Å². The van der Waals surface area contributed by atoms with Crippen LogP contribution in [-0.2, 0) is 0 Å². The van der Waals surface area contributed by atoms with Crippen LogP contribution >= 0.6 is 0 Å². The van der Waals surface area contributed by atoms with E-state index < -0.39 is 0 Å². The summed E-state index contributed by atoms with van der Waals surface area (Å²) < 4.78 is 0. The summed E-state index contributed by atoms with van der Waals surface area (Å²) in [5.41, 5.74) is 4.82. The number of rotatable bonds is 2. The van der Waals surface area contributed by atoms with Crippen molar-refractivity contribution in [2.24, 2.45) is 0 Å². The number of phenols is 1. The van der Waals surface area contributed by atoms with E-state index in [1.54, 1.807) is 6.07 Å². The Kier molecular flexibility index (Phi) is 3.08. The molecule has 0 saturated carbocycles. The molecular weight excluding hydrogens is 286 g/mol. The number of benzene rings is 3. The number of hydrogen-bond acceptors (Lipinski definition) is 4. The van der Waals surface area contributed by atoms with Crippen molar-refractivity contribution >= 4 is 33.4 Å². The minimum absolute atomic E-state index is 0.188. The van der Waals surface area contributed by atoms with Gasteiger partial charge in [0.1, 0.15) is 5.75 Å². The lowest BCUT2D eigenvalue weighted by atomic mass is 10.2. The van der Waals surface area contributed by atoms with Crippen LogP contribution in [0, 0.1) is 0 Å². The highest BCUT2D eigenvalue weighted by molar-refractivity contribution is 5.90. The Balaban J connectivity index is 1.90. The van der Waals surface area contributed by atoms with Crippen LogP contribution in [0.25, 0.3) is 22.1 Å². The lowest BCUT2D eigenvalue weighted by molar-refractivity contribution is 0.477. The van der Waals surface area contributed by atoms with E-state index >= 15 is 0 Å². The van der Waals surface area contributed by atoms with E-state index in [0.717, 1.165) is 22.2 Å². The average molecular weight is 301 g/mol. The van der Waals surface area contributed by atoms with Gasteiger partial charge in [-0.3, -0.25) is 0 Å². The maximum Gasteiger partial charge on any atom is 0.141 e. The van der Waals surface area contributed by atoms with Crippen LogP contribution in [0.3, 0.4) is 0 Å². The molecule has 4 heteroatoms. The summed E-state index contributed by atoms with van der Waals surface area (Å²) in [6.45, 7) is 0. The molecule has 1 aromatic heterocycles. The smallest absolute Gasteiger partial charge is 0.141 e. The second-order valence-corrected chi connectivity index (χ2v) is 5.44. The van der Waals surface area contributed by atoms with Crippen molar-refractivity contribution in [3.8, 4) is 5.75 Å². The van der Waals surface area contributed by atoms with Gasteiger partial charge >= 0.3 is 0 Å². The van der Waals surface area contributed by atoms with E-state index in [1.165, 1.54) is 0 Å². The van der Waals surface area contributed by atoms with E-state index in [0.29, 0.717) is 11.2 Å². The molecule has 4 rings (SSSR count). The van der Waals surface area contributed by atoms with Gasteiger partial charge in [-0.25, -0.2) is 9.97 Å². The molecule has 1 heterocycles. The van der Waals surface area contributed by atoms with Crippen molar-refractivity contribution in [2.45, 2.75) is 0 Å². The molecule has 1 N–H and O–H groups in total. The first-order valence-electron chi connectivity index (χ1n) is 7.41. The Bertz CT molecular complexity index is 999. The van der Waals surface area contributed by atoms with Gasteiger partial charge in [0.15, 0.2) is 0 Å². The number of anilines is 2. The highest BCUT2D eigenvalue weighted by Crippen LogP contribution is 2.34. The number of phenolic OH excluding ortho intramolecular Hbond substituents is 1. The van der Waals surface area contributed by atoms with E-state index in [1.807, 2.05) is 72.6 Å². The lowest BCUT2D eigenvalue weighted by Gasteiger charge is -2.20. The molecule has 0 radical (unpaired) electrons. The molecule has 3 aromatic carbocycles. The summed E-state index contributed by atoms with van der Waals surface area (Å²) >= 11 is 0. The average Bonchev–Trinajstić information content (AvgIpc) is 2.59. The number of fused-ring (bicyclic) bond motifs is 2. The summed E-state index contributed by atoms with van der Waals surface area (Å²) in [5.74, 6) is 0.188. The quantitative estimate of drug-likeness (QED) is 0.562. The maximum absolute atomic E-state index is 10.4. The van der Waals surface area contributed by atoms with Gasteiger partial charge in [0.05, 0.1) is 27.8 Å². The molecule has 0 amide bonds. The van der Waals surface area contributed by atoms with Gasteiger partial charge in [-0.1, -0.05) is 30.3 Å². The predicted molar refractivity (Wildman–Crippen MR) is 93.2 cm³/mol. The first-order chi connectivity index (χ1) is 11.2. The van der Waals surface area contributed by atoms with Crippen molar-refractivity contribution in [2.75, 3.05) is 11.9 Å². The van der Waals surface area contributed by atoms with E-state index in [2.05, 4.69) is 9.97 Å². The zero-order chi connectivity index (χ0) is 15.8. The monoisotopic (exact) mass is 301 g/mol. The molecule has 4 nitrogen and oxygen atoms in total. The lowest BCUT2D eigenvalue weighted by Crippen LogP contribution is -2.09. The van der Waals surface area contributed by atoms with Gasteiger partial charge in [0, 0.05) is 18.8 Å². The van der Waals surface area contributed by atoms with Crippen molar-refractivity contribution in [1.29, 1.82) is 0 Å². The first-order valence-corrected chi connectivity index (χ1v) is 7.41. The second-order valence-electron chi connectivity index (χ2n) is 5.44. The second kappa shape index (κ2) is 5.25. The predicted octanol–water partition coefficient (Wildman–Crippen LogP) is 4.26. The molecular formula is C19H15N3O. The third kappa shape index (κ3) is 2.34. The first kappa shape index (κ1) is 13.5. The van der Waals surface area contributed by atoms with Crippen LogP contribution in [0.15, 0.2) is 66.7 Å². The number of aromatic hydroxyl groups is 1. The SMILES string of the molecule is CN(c1ccccc1)c1cc2nc3ccccc3nc2cc1O. The molecule has 0 spiro atoms. The van der Waals surface area contributed by atoms with Gasteiger partial charge in [0.2, 0.25) is 0 Å². The highest BCUT2D eigenvalue weighted by Gasteiger charge is 2.12. The van der Waals surface area contributed by atoms with Gasteiger partial charge in [-0.15, -0.1) is 0 Å². The Morgan fingerprint density at radius 3 is 1.96 bits per heavy atom. The number of para-hydroxylation sites is 3. The molecule has 0 aliphatic heterocycles. The van der Waals surface area contributed by atoms with Crippen LogP contribution in [0.4, 0.5) is 11.4 Å². The molecule has 4 aromatic rings. The van der Waals surface area contributed by atoms with E-state index in [4.69, 9.17) is 0 Å². The zero-order valence-electron chi connectivity index (χ0n) is 12.6. The normalized spacial score (nSPS) is 11.0. The fourth-order valence-electron chi connectivity index (χ4n) is 2.71. The van der Waals surface area contributed by atoms with Crippen LogP contribution in [0.1, 0.15) is 0 Å². The molecule has 0 fully saturated rings. The fraction of sp³-hybridized carbons (Fsp3) is 0.0526. The Morgan fingerprint density at radius 1 is 0.739 bits per heavy atom. The molecule has 0 bridgehead atoms. The highest BCUT2D eigenvalue weighted by atomic mass is 16.3. The van der Waals surface area contributed by atoms with Gasteiger partial charge in [0.25, 0.3) is 0 Å². The third-order valence-corrected chi connectivity index (χ3v) is 3.94. The minimum atomic E-state index is 0.188. The molecule has 23 heavy (non-hydrogen) atoms. The zero-order valence-corrected chi connectivity index (χ0v) is 12.6. The van der Waals surface area contributed by atoms with Crippen LogP contribution in [-0.4, -0.2) is 22.1 Å². The summed E-state index contributed by atoms with van der Waals surface area (Å²) in [4.78, 5) is 11.2. The Hall–Kier alpha value is -3.14. The molecule has 0 aliphatic rings. The molecule has 112 valence electrons. The van der Waals surface area contributed by atoms with Gasteiger partial charge in [-0.05, 0) is 30.3 Å². The Labute approximate surface area is 133 Å². The topological polar surface area (TPSA) is 49.2 Å². The fourth-order valence-corrected chi connectivity index (χ4v) is 2.71. The summed E-state index contributed by atoms with van der Waals surface area (Å²) in [6.07, 6.45) is 0. The van der Waals surface area contributed by atoms with Crippen molar-refractivity contribution in [1.82, 2.24) is 9.97 Å². The molecule has 0 aliphatic carbocycles. The van der Waals surface area contributed by atoms with Crippen molar-refractivity contribution in [3.63, 3.8) is 0 Å². The molecule has 0 unspecified atom stereocenters. The number of aromatic nitrogens is 2.